The molecule has 1 heterocycles. The molecule has 0 aliphatic heterocycles. The van der Waals surface area contributed by atoms with E-state index in [0.29, 0.717) is 15.1 Å². The molecule has 3 rings (SSSR count). The van der Waals surface area contributed by atoms with Crippen molar-refractivity contribution in [1.29, 1.82) is 0 Å². The molecule has 0 spiro atoms. The van der Waals surface area contributed by atoms with Crippen molar-refractivity contribution in [3.05, 3.63) is 79.7 Å². The Morgan fingerprint density at radius 1 is 1.31 bits per heavy atom. The lowest BCUT2D eigenvalue weighted by Crippen LogP contribution is -2.14. The first-order chi connectivity index (χ1) is 12.4. The minimum Gasteiger partial charge on any atom is -0.322 e. The molecule has 3 aromatic rings. The summed E-state index contributed by atoms with van der Waals surface area (Å²) in [6.07, 6.45) is 3.20. The van der Waals surface area contributed by atoms with Gasteiger partial charge in [0.1, 0.15) is 11.6 Å². The van der Waals surface area contributed by atoms with Crippen molar-refractivity contribution < 1.29 is 14.1 Å². The number of nitrogens with one attached hydrogen (secondary N) is 1. The van der Waals surface area contributed by atoms with E-state index in [-0.39, 0.29) is 16.9 Å². The molecule has 9 heteroatoms. The Hall–Kier alpha value is -2.82. The smallest absolute Gasteiger partial charge is 0.270 e. The number of halogens is 2. The van der Waals surface area contributed by atoms with Crippen LogP contribution < -0.4 is 5.32 Å². The van der Waals surface area contributed by atoms with Gasteiger partial charge in [0, 0.05) is 33.8 Å². The number of anilines is 1. The molecular formula is C17H12FIN4O3. The molecule has 26 heavy (non-hydrogen) atoms. The topological polar surface area (TPSA) is 90.1 Å². The van der Waals surface area contributed by atoms with E-state index >= 15 is 0 Å². The molecule has 0 unspecified atom stereocenters. The number of nitro benzene ring substituents is 1. The molecule has 0 bridgehead atoms. The van der Waals surface area contributed by atoms with Gasteiger partial charge < -0.3 is 9.88 Å². The maximum atomic E-state index is 14.4. The van der Waals surface area contributed by atoms with E-state index in [0.717, 1.165) is 0 Å². The molecule has 1 amide bonds. The fourth-order valence-corrected chi connectivity index (χ4v) is 2.99. The molecule has 7 nitrogen and oxygen atoms in total. The van der Waals surface area contributed by atoms with Gasteiger partial charge in [0.2, 0.25) is 0 Å². The van der Waals surface area contributed by atoms with Crippen molar-refractivity contribution in [1.82, 2.24) is 9.55 Å². The van der Waals surface area contributed by atoms with Crippen molar-refractivity contribution in [2.75, 3.05) is 5.32 Å². The van der Waals surface area contributed by atoms with Gasteiger partial charge in [-0.25, -0.2) is 9.37 Å². The van der Waals surface area contributed by atoms with Crippen molar-refractivity contribution in [2.45, 2.75) is 6.92 Å². The number of aromatic nitrogens is 2. The molecule has 0 saturated carbocycles. The number of benzene rings is 2. The summed E-state index contributed by atoms with van der Waals surface area (Å²) in [5, 5.41) is 13.4. The number of imidazole rings is 1. The Morgan fingerprint density at radius 2 is 2.08 bits per heavy atom. The highest BCUT2D eigenvalue weighted by Gasteiger charge is 2.16. The van der Waals surface area contributed by atoms with Crippen LogP contribution in [-0.4, -0.2) is 20.4 Å². The van der Waals surface area contributed by atoms with Crippen LogP contribution in [0.5, 0.6) is 0 Å². The Balaban J connectivity index is 1.87. The first-order valence-electron chi connectivity index (χ1n) is 7.42. The molecule has 0 fully saturated rings. The first-order valence-corrected chi connectivity index (χ1v) is 8.50. The second-order valence-corrected chi connectivity index (χ2v) is 6.55. The van der Waals surface area contributed by atoms with Crippen LogP contribution in [0.15, 0.2) is 48.8 Å². The number of non-ortho nitro benzene ring substituents is 1. The van der Waals surface area contributed by atoms with Gasteiger partial charge in [-0.3, -0.25) is 14.9 Å². The van der Waals surface area contributed by atoms with E-state index < -0.39 is 16.6 Å². The largest absolute Gasteiger partial charge is 0.322 e. The molecule has 0 aliphatic rings. The zero-order valence-corrected chi connectivity index (χ0v) is 15.6. The van der Waals surface area contributed by atoms with Crippen molar-refractivity contribution in [3.8, 4) is 5.69 Å². The van der Waals surface area contributed by atoms with Crippen molar-refractivity contribution in [3.63, 3.8) is 0 Å². The summed E-state index contributed by atoms with van der Waals surface area (Å²) < 4.78 is 16.5. The number of rotatable bonds is 4. The third-order valence-electron chi connectivity index (χ3n) is 3.70. The second-order valence-electron chi connectivity index (χ2n) is 5.39. The highest BCUT2D eigenvalue weighted by atomic mass is 127. The number of aryl methyl sites for hydroxylation is 1. The summed E-state index contributed by atoms with van der Waals surface area (Å²) in [7, 11) is 0. The molecule has 2 aromatic carbocycles. The zero-order valence-electron chi connectivity index (χ0n) is 13.4. The molecule has 1 aromatic heterocycles. The van der Waals surface area contributed by atoms with Gasteiger partial charge in [-0.1, -0.05) is 0 Å². The van der Waals surface area contributed by atoms with Gasteiger partial charge in [0.25, 0.3) is 11.6 Å². The van der Waals surface area contributed by atoms with E-state index in [4.69, 9.17) is 0 Å². The fraction of sp³-hybridized carbons (Fsp3) is 0.0588. The first kappa shape index (κ1) is 18.0. The molecule has 1 N–H and O–H groups in total. The normalized spacial score (nSPS) is 10.6. The summed E-state index contributed by atoms with van der Waals surface area (Å²) in [5.41, 5.74) is 0.515. The van der Waals surface area contributed by atoms with Gasteiger partial charge in [-0.2, -0.15) is 0 Å². The summed E-state index contributed by atoms with van der Waals surface area (Å²) in [6, 6.07) is 8.27. The minimum absolute atomic E-state index is 0.148. The van der Waals surface area contributed by atoms with Crippen LogP contribution in [0.4, 0.5) is 15.8 Å². The van der Waals surface area contributed by atoms with Crippen LogP contribution in [0.2, 0.25) is 0 Å². The number of nitrogens with zero attached hydrogens (tertiary/aromatic N) is 3. The molecule has 132 valence electrons. The fourth-order valence-electron chi connectivity index (χ4n) is 2.41. The number of carbonyl (C=O) groups excluding carboxylic acids is 1. The number of hydrogen-bond acceptors (Lipinski definition) is 4. The number of nitro groups is 1. The van der Waals surface area contributed by atoms with E-state index in [1.807, 2.05) is 22.6 Å². The predicted octanol–water partition coefficient (Wildman–Crippen LogP) is 4.08. The summed E-state index contributed by atoms with van der Waals surface area (Å²) in [4.78, 5) is 26.8. The molecule has 0 radical (unpaired) electrons. The summed E-state index contributed by atoms with van der Waals surface area (Å²) >= 11 is 1.91. The van der Waals surface area contributed by atoms with Gasteiger partial charge in [0.05, 0.1) is 16.2 Å². The predicted molar refractivity (Wildman–Crippen MR) is 102 cm³/mol. The molecular weight excluding hydrogens is 454 g/mol. The van der Waals surface area contributed by atoms with E-state index in [1.165, 1.54) is 30.3 Å². The lowest BCUT2D eigenvalue weighted by molar-refractivity contribution is -0.384. The average molecular weight is 466 g/mol. The number of carbonyl (C=O) groups is 1. The van der Waals surface area contributed by atoms with Crippen LogP contribution in [0.1, 0.15) is 16.2 Å². The Labute approximate surface area is 161 Å². The van der Waals surface area contributed by atoms with Crippen LogP contribution in [0.3, 0.4) is 0 Å². The third kappa shape index (κ3) is 3.57. The average Bonchev–Trinajstić information content (AvgIpc) is 3.01. The van der Waals surface area contributed by atoms with Crippen LogP contribution >= 0.6 is 22.6 Å². The number of amides is 1. The monoisotopic (exact) mass is 466 g/mol. The number of hydrogen-bond donors (Lipinski definition) is 1. The van der Waals surface area contributed by atoms with Gasteiger partial charge in [-0.15, -0.1) is 0 Å². The van der Waals surface area contributed by atoms with Crippen molar-refractivity contribution in [2.24, 2.45) is 0 Å². The van der Waals surface area contributed by atoms with E-state index in [1.54, 1.807) is 30.0 Å². The SMILES string of the molecule is Cc1nccn1-c1ccc(NC(=O)c2cc([N+](=O)[O-])ccc2I)cc1F. The van der Waals surface area contributed by atoms with Gasteiger partial charge in [-0.05, 0) is 53.8 Å². The van der Waals surface area contributed by atoms with E-state index in [9.17, 15) is 19.3 Å². The van der Waals surface area contributed by atoms with Crippen LogP contribution in [0, 0.1) is 26.4 Å². The lowest BCUT2D eigenvalue weighted by atomic mass is 10.2. The van der Waals surface area contributed by atoms with Crippen LogP contribution in [-0.2, 0) is 0 Å². The summed E-state index contributed by atoms with van der Waals surface area (Å²) in [6.45, 7) is 1.75. The highest BCUT2D eigenvalue weighted by molar-refractivity contribution is 14.1. The highest BCUT2D eigenvalue weighted by Crippen LogP contribution is 2.23. The molecule has 0 saturated heterocycles. The quantitative estimate of drug-likeness (QED) is 0.357. The molecule has 0 atom stereocenters. The molecule has 0 aliphatic carbocycles. The Morgan fingerprint density at radius 3 is 2.69 bits per heavy atom. The lowest BCUT2D eigenvalue weighted by Gasteiger charge is -2.10. The third-order valence-corrected chi connectivity index (χ3v) is 4.64. The minimum atomic E-state index is -0.575. The maximum Gasteiger partial charge on any atom is 0.270 e. The Kier molecular flexibility index (Phi) is 4.98. The maximum absolute atomic E-state index is 14.4. The Bertz CT molecular complexity index is 1020. The van der Waals surface area contributed by atoms with Gasteiger partial charge >= 0.3 is 0 Å². The second kappa shape index (κ2) is 7.20. The summed E-state index contributed by atoms with van der Waals surface area (Å²) in [5.74, 6) is -0.450. The van der Waals surface area contributed by atoms with E-state index in [2.05, 4.69) is 10.3 Å². The van der Waals surface area contributed by atoms with Crippen LogP contribution in [0.25, 0.3) is 5.69 Å². The van der Waals surface area contributed by atoms with Crippen molar-refractivity contribution >= 4 is 39.9 Å². The zero-order chi connectivity index (χ0) is 18.8. The standard InChI is InChI=1S/C17H12FIN4O3/c1-10-20-6-7-22(10)16-5-2-11(8-14(16)18)21-17(24)13-9-12(23(25)26)3-4-15(13)19/h2-9H,1H3,(H,21,24). The van der Waals surface area contributed by atoms with Gasteiger partial charge in [0.15, 0.2) is 0 Å².